The normalized spacial score (nSPS) is 18.2. The van der Waals surface area contributed by atoms with Crippen LogP contribution in [0.3, 0.4) is 0 Å². The van der Waals surface area contributed by atoms with Crippen LogP contribution < -0.4 is 15.4 Å². The van der Waals surface area contributed by atoms with Crippen molar-refractivity contribution in [1.29, 1.82) is 0 Å². The first-order chi connectivity index (χ1) is 25.3. The number of carbonyl (C=O) groups is 4. The van der Waals surface area contributed by atoms with Gasteiger partial charge in [-0.1, -0.05) is 71.4 Å². The summed E-state index contributed by atoms with van der Waals surface area (Å²) in [6.45, 7) is 10.2. The van der Waals surface area contributed by atoms with E-state index in [1.54, 1.807) is 43.1 Å². The lowest BCUT2D eigenvalue weighted by molar-refractivity contribution is -0.148. The fraction of sp³-hybridized carbons (Fsp3) is 0.641. The van der Waals surface area contributed by atoms with Crippen molar-refractivity contribution in [1.82, 2.24) is 25.1 Å². The number of nitrogens with one attached hydrogen (secondary N) is 2. The Kier molecular flexibility index (Phi) is 16.9. The monoisotopic (exact) mass is 740 g/mol. The molecule has 3 unspecified atom stereocenters. The number of methoxy groups -OCH3 is 4. The summed E-state index contributed by atoms with van der Waals surface area (Å²) in [6, 6.07) is 8.67. The number of likely N-dealkylation sites (N-methyl/N-ethyl adjacent to an activating group) is 1. The Labute approximate surface area is 314 Å². The summed E-state index contributed by atoms with van der Waals surface area (Å²) in [5.41, 5.74) is 0.879. The van der Waals surface area contributed by atoms with E-state index in [1.807, 2.05) is 58.0 Å². The third kappa shape index (κ3) is 11.3. The van der Waals surface area contributed by atoms with Gasteiger partial charge in [0.1, 0.15) is 12.1 Å². The van der Waals surface area contributed by atoms with Gasteiger partial charge >= 0.3 is 5.97 Å². The van der Waals surface area contributed by atoms with Gasteiger partial charge in [-0.3, -0.25) is 14.4 Å². The van der Waals surface area contributed by atoms with Gasteiger partial charge in [0.25, 0.3) is 0 Å². The van der Waals surface area contributed by atoms with Crippen LogP contribution >= 0.6 is 0 Å². The van der Waals surface area contributed by atoms with Crippen molar-refractivity contribution in [2.24, 2.45) is 17.8 Å². The second-order valence-corrected chi connectivity index (χ2v) is 14.2. The molecule has 0 saturated carbocycles. The van der Waals surface area contributed by atoms with Crippen molar-refractivity contribution in [3.63, 3.8) is 0 Å². The molecule has 3 rings (SSSR count). The van der Waals surface area contributed by atoms with E-state index in [0.717, 1.165) is 18.4 Å². The van der Waals surface area contributed by atoms with Gasteiger partial charge in [0.2, 0.25) is 29.5 Å². The SMILES string of the molecule is CC[C@H](C)[C@@H]([C@@H](CC(=O)N1CCCC1[C@H](OC)[C@@H](C)C(=O)NC(Cc1ccccc1)C(=O)OC)OC)N(C)C(=O)C(Nc1nccc(OC)n1)C(C)C. The summed E-state index contributed by atoms with van der Waals surface area (Å²) in [5.74, 6) is -1.41. The van der Waals surface area contributed by atoms with E-state index in [9.17, 15) is 19.2 Å². The number of likely N-dealkylation sites (tertiary alicyclic amines) is 1. The maximum Gasteiger partial charge on any atom is 0.328 e. The first-order valence-corrected chi connectivity index (χ1v) is 18.5. The number of anilines is 1. The molecule has 14 nitrogen and oxygen atoms in total. The van der Waals surface area contributed by atoms with Crippen LogP contribution in [-0.2, 0) is 39.8 Å². The number of hydrogen-bond donors (Lipinski definition) is 2. The highest BCUT2D eigenvalue weighted by Gasteiger charge is 2.43. The maximum atomic E-state index is 14.2. The third-order valence-electron chi connectivity index (χ3n) is 10.4. The van der Waals surface area contributed by atoms with E-state index in [2.05, 4.69) is 20.6 Å². The molecule has 0 bridgehead atoms. The standard InChI is InChI=1S/C39H60N6O8/c1-11-25(4)34(44(6)37(48)33(24(2)3)43-39-40-20-19-31(42-39)51-8)30(50-7)23-32(46)45-21-15-18-29(45)35(52-9)26(5)36(47)41-28(38(49)53-10)22-27-16-13-12-14-17-27/h12-14,16-17,19-20,24-26,28-30,33-35H,11,15,18,21-23H2,1-10H3,(H,41,47)(H,40,42,43)/t25-,26+,28?,29?,30+,33?,34-,35+/m0/s1. The van der Waals surface area contributed by atoms with E-state index >= 15 is 0 Å². The Balaban J connectivity index is 1.78. The molecule has 0 spiro atoms. The minimum absolute atomic E-state index is 0.00830. The molecule has 1 aliphatic heterocycles. The molecule has 2 aromatic rings. The lowest BCUT2D eigenvalue weighted by Gasteiger charge is -2.40. The second-order valence-electron chi connectivity index (χ2n) is 14.2. The van der Waals surface area contributed by atoms with Crippen molar-refractivity contribution in [3.05, 3.63) is 48.2 Å². The van der Waals surface area contributed by atoms with E-state index in [-0.39, 0.29) is 54.4 Å². The minimum atomic E-state index is -0.885. The number of aromatic nitrogens is 2. The number of carbonyl (C=O) groups excluding carboxylic acids is 4. The smallest absolute Gasteiger partial charge is 0.328 e. The van der Waals surface area contributed by atoms with Crippen LogP contribution in [0.5, 0.6) is 5.88 Å². The highest BCUT2D eigenvalue weighted by molar-refractivity contribution is 5.87. The number of esters is 1. The zero-order valence-electron chi connectivity index (χ0n) is 33.0. The summed E-state index contributed by atoms with van der Waals surface area (Å²) in [7, 11) is 7.65. The Morgan fingerprint density at radius 2 is 1.70 bits per heavy atom. The molecule has 1 saturated heterocycles. The Bertz CT molecular complexity index is 1480. The van der Waals surface area contributed by atoms with Crippen LogP contribution in [0.2, 0.25) is 0 Å². The zero-order chi connectivity index (χ0) is 39.2. The fourth-order valence-corrected chi connectivity index (χ4v) is 7.19. The van der Waals surface area contributed by atoms with E-state index in [4.69, 9.17) is 18.9 Å². The maximum absolute atomic E-state index is 14.2. The van der Waals surface area contributed by atoms with Crippen molar-refractivity contribution in [2.45, 2.75) is 103 Å². The van der Waals surface area contributed by atoms with Gasteiger partial charge in [-0.15, -0.1) is 0 Å². The molecule has 0 radical (unpaired) electrons. The number of benzene rings is 1. The highest BCUT2D eigenvalue weighted by Crippen LogP contribution is 2.30. The average Bonchev–Trinajstić information content (AvgIpc) is 3.65. The molecule has 0 aliphatic carbocycles. The number of nitrogens with zero attached hydrogens (tertiary/aromatic N) is 4. The lowest BCUT2D eigenvalue weighted by Crippen LogP contribution is -2.56. The van der Waals surface area contributed by atoms with Gasteiger partial charge in [-0.2, -0.15) is 4.98 Å². The van der Waals surface area contributed by atoms with E-state index in [0.29, 0.717) is 18.8 Å². The van der Waals surface area contributed by atoms with Crippen LogP contribution in [0.25, 0.3) is 0 Å². The molecule has 8 atom stereocenters. The summed E-state index contributed by atoms with van der Waals surface area (Å²) < 4.78 is 22.2. The van der Waals surface area contributed by atoms with Crippen molar-refractivity contribution in [2.75, 3.05) is 47.3 Å². The molecular formula is C39H60N6O8. The Morgan fingerprint density at radius 1 is 1.00 bits per heavy atom. The molecule has 2 heterocycles. The van der Waals surface area contributed by atoms with Gasteiger partial charge < -0.3 is 39.4 Å². The zero-order valence-corrected chi connectivity index (χ0v) is 33.0. The van der Waals surface area contributed by atoms with Crippen molar-refractivity contribution < 1.29 is 38.1 Å². The lowest BCUT2D eigenvalue weighted by atomic mass is 9.89. The largest absolute Gasteiger partial charge is 0.481 e. The first-order valence-electron chi connectivity index (χ1n) is 18.5. The van der Waals surface area contributed by atoms with E-state index < -0.39 is 42.2 Å². The summed E-state index contributed by atoms with van der Waals surface area (Å²) in [5, 5.41) is 6.04. The van der Waals surface area contributed by atoms with Gasteiger partial charge in [0.15, 0.2) is 0 Å². The highest BCUT2D eigenvalue weighted by atomic mass is 16.5. The summed E-state index contributed by atoms with van der Waals surface area (Å²) >= 11 is 0. The van der Waals surface area contributed by atoms with Crippen molar-refractivity contribution in [3.8, 4) is 5.88 Å². The predicted molar refractivity (Wildman–Crippen MR) is 201 cm³/mol. The third-order valence-corrected chi connectivity index (χ3v) is 10.4. The van der Waals surface area contributed by atoms with Gasteiger partial charge in [-0.05, 0) is 30.2 Å². The molecule has 294 valence electrons. The van der Waals surface area contributed by atoms with Crippen LogP contribution in [0.1, 0.15) is 65.9 Å². The molecule has 3 amide bonds. The Morgan fingerprint density at radius 3 is 2.28 bits per heavy atom. The number of ether oxygens (including phenoxy) is 4. The first kappa shape index (κ1) is 43.1. The molecule has 1 aromatic carbocycles. The van der Waals surface area contributed by atoms with Crippen molar-refractivity contribution >= 4 is 29.6 Å². The minimum Gasteiger partial charge on any atom is -0.481 e. The average molecular weight is 741 g/mol. The van der Waals surface area contributed by atoms with Crippen LogP contribution in [0, 0.1) is 17.8 Å². The molecule has 2 N–H and O–H groups in total. The number of rotatable bonds is 20. The topological polar surface area (TPSA) is 162 Å². The summed E-state index contributed by atoms with van der Waals surface area (Å²) in [4.78, 5) is 66.7. The second kappa shape index (κ2) is 20.8. The summed E-state index contributed by atoms with van der Waals surface area (Å²) in [6.07, 6.45) is 2.73. The van der Waals surface area contributed by atoms with Gasteiger partial charge in [-0.25, -0.2) is 9.78 Å². The van der Waals surface area contributed by atoms with Crippen LogP contribution in [-0.4, -0.2) is 122 Å². The van der Waals surface area contributed by atoms with Crippen LogP contribution in [0.4, 0.5) is 5.95 Å². The quantitative estimate of drug-likeness (QED) is 0.190. The molecule has 1 aromatic heterocycles. The fourth-order valence-electron chi connectivity index (χ4n) is 7.19. The predicted octanol–water partition coefficient (Wildman–Crippen LogP) is 3.74. The Hall–Kier alpha value is -4.30. The van der Waals surface area contributed by atoms with Gasteiger partial charge in [0.05, 0.1) is 50.8 Å². The van der Waals surface area contributed by atoms with Crippen LogP contribution in [0.15, 0.2) is 42.6 Å². The van der Waals surface area contributed by atoms with E-state index in [1.165, 1.54) is 21.3 Å². The molecule has 53 heavy (non-hydrogen) atoms. The number of amides is 3. The molecular weight excluding hydrogens is 680 g/mol. The van der Waals surface area contributed by atoms with Gasteiger partial charge in [0, 0.05) is 46.5 Å². The molecule has 1 fully saturated rings. The molecule has 1 aliphatic rings. The molecule has 14 heteroatoms. The number of hydrogen-bond acceptors (Lipinski definition) is 11.